The molecule has 0 amide bonds. The van der Waals surface area contributed by atoms with Crippen molar-refractivity contribution < 1.29 is 19.4 Å². The number of hydrogen-bond donors (Lipinski definition) is 1. The molecule has 0 saturated heterocycles. The summed E-state index contributed by atoms with van der Waals surface area (Å²) in [5.41, 5.74) is 1.15. The Bertz CT molecular complexity index is 621. The van der Waals surface area contributed by atoms with Crippen LogP contribution in [0.2, 0.25) is 10.0 Å². The molecule has 0 heterocycles. The number of benzene rings is 1. The molecule has 1 N–H and O–H groups in total. The average molecular weight is 343 g/mol. The number of carboxylic acids is 1. The Morgan fingerprint density at radius 3 is 2.55 bits per heavy atom. The highest BCUT2D eigenvalue weighted by Crippen LogP contribution is 2.24. The Kier molecular flexibility index (Phi) is 7.15. The highest BCUT2D eigenvalue weighted by atomic mass is 35.5. The van der Waals surface area contributed by atoms with Crippen LogP contribution in [0.5, 0.6) is 0 Å². The van der Waals surface area contributed by atoms with Crippen LogP contribution >= 0.6 is 23.2 Å². The quantitative estimate of drug-likeness (QED) is 0.454. The predicted molar refractivity (Wildman–Crippen MR) is 87.1 cm³/mol. The van der Waals surface area contributed by atoms with Crippen molar-refractivity contribution in [3.8, 4) is 0 Å². The van der Waals surface area contributed by atoms with E-state index in [1.807, 2.05) is 0 Å². The number of halogens is 2. The second kappa shape index (κ2) is 8.61. The predicted octanol–water partition coefficient (Wildman–Crippen LogP) is 4.36. The smallest absolute Gasteiger partial charge is 0.333 e. The molecule has 0 fully saturated rings. The molecule has 4 nitrogen and oxygen atoms in total. The van der Waals surface area contributed by atoms with Gasteiger partial charge in [-0.25, -0.2) is 9.59 Å². The van der Waals surface area contributed by atoms with Gasteiger partial charge in [0.05, 0.1) is 16.7 Å². The molecule has 0 unspecified atom stereocenters. The Labute approximate surface area is 139 Å². The number of ether oxygens (including phenoxy) is 1. The molecular weight excluding hydrogens is 327 g/mol. The third-order valence-corrected chi connectivity index (χ3v) is 3.47. The van der Waals surface area contributed by atoms with Crippen LogP contribution in [0.1, 0.15) is 25.3 Å². The number of carbonyl (C=O) groups is 2. The van der Waals surface area contributed by atoms with Crippen molar-refractivity contribution in [2.24, 2.45) is 0 Å². The van der Waals surface area contributed by atoms with Gasteiger partial charge in [0.25, 0.3) is 0 Å². The lowest BCUT2D eigenvalue weighted by molar-refractivity contribution is -0.139. The molecule has 0 radical (unpaired) electrons. The molecule has 6 heteroatoms. The van der Waals surface area contributed by atoms with E-state index in [1.54, 1.807) is 25.1 Å². The molecule has 0 aromatic heterocycles. The first-order valence-corrected chi connectivity index (χ1v) is 7.28. The van der Waals surface area contributed by atoms with Gasteiger partial charge in [0, 0.05) is 11.1 Å². The molecule has 1 rings (SSSR count). The summed E-state index contributed by atoms with van der Waals surface area (Å²) in [6.07, 6.45) is 2.18. The number of carbonyl (C=O) groups excluding carboxylic acids is 1. The molecule has 0 aliphatic heterocycles. The van der Waals surface area contributed by atoms with Crippen LogP contribution in [0.3, 0.4) is 0 Å². The molecule has 0 aliphatic rings. The fourth-order valence-electron chi connectivity index (χ4n) is 1.59. The van der Waals surface area contributed by atoms with Crippen molar-refractivity contribution in [2.75, 3.05) is 6.61 Å². The van der Waals surface area contributed by atoms with Crippen LogP contribution in [0.25, 0.3) is 6.08 Å². The van der Waals surface area contributed by atoms with Gasteiger partial charge < -0.3 is 9.84 Å². The molecular formula is C16H16Cl2O4. The first-order valence-electron chi connectivity index (χ1n) is 6.53. The molecule has 0 atom stereocenters. The number of carboxylic acid groups (broad SMARTS) is 1. The van der Waals surface area contributed by atoms with Crippen LogP contribution in [0.15, 0.2) is 35.9 Å². The van der Waals surface area contributed by atoms with Crippen molar-refractivity contribution >= 4 is 41.2 Å². The zero-order valence-corrected chi connectivity index (χ0v) is 13.6. The number of aliphatic carboxylic acids is 1. The SMILES string of the molecule is C=C(C)C(=O)OCCCC(=Cc1ccc(Cl)c(Cl)c1)C(=O)O. The summed E-state index contributed by atoms with van der Waals surface area (Å²) in [5.74, 6) is -1.51. The van der Waals surface area contributed by atoms with Gasteiger partial charge >= 0.3 is 11.9 Å². The first-order chi connectivity index (χ1) is 10.3. The molecule has 0 aliphatic carbocycles. The minimum Gasteiger partial charge on any atom is -0.478 e. The van der Waals surface area contributed by atoms with Gasteiger partial charge in [0.1, 0.15) is 0 Å². The van der Waals surface area contributed by atoms with Gasteiger partial charge in [-0.2, -0.15) is 0 Å². The fourth-order valence-corrected chi connectivity index (χ4v) is 1.90. The third kappa shape index (κ3) is 5.92. The van der Waals surface area contributed by atoms with E-state index in [4.69, 9.17) is 27.9 Å². The maximum absolute atomic E-state index is 11.2. The highest BCUT2D eigenvalue weighted by Gasteiger charge is 2.09. The standard InChI is InChI=1S/C16H16Cl2O4/c1-10(2)16(21)22-7-3-4-12(15(19)20)8-11-5-6-13(17)14(18)9-11/h5-6,8-9H,1,3-4,7H2,2H3,(H,19,20). The molecule has 22 heavy (non-hydrogen) atoms. The van der Waals surface area contributed by atoms with E-state index in [0.717, 1.165) is 0 Å². The summed E-state index contributed by atoms with van der Waals surface area (Å²) < 4.78 is 4.92. The lowest BCUT2D eigenvalue weighted by Gasteiger charge is -2.06. The van der Waals surface area contributed by atoms with Gasteiger partial charge in [-0.3, -0.25) is 0 Å². The molecule has 0 saturated carbocycles. The van der Waals surface area contributed by atoms with Crippen molar-refractivity contribution in [1.29, 1.82) is 0 Å². The van der Waals surface area contributed by atoms with Gasteiger partial charge in [-0.15, -0.1) is 0 Å². The van der Waals surface area contributed by atoms with Crippen molar-refractivity contribution in [2.45, 2.75) is 19.8 Å². The molecule has 1 aromatic carbocycles. The van der Waals surface area contributed by atoms with Crippen LogP contribution in [0, 0.1) is 0 Å². The number of rotatable bonds is 7. The zero-order chi connectivity index (χ0) is 16.7. The van der Waals surface area contributed by atoms with Gasteiger partial charge in [-0.05, 0) is 43.5 Å². The minimum absolute atomic E-state index is 0.137. The lowest BCUT2D eigenvalue weighted by Crippen LogP contribution is -2.08. The maximum atomic E-state index is 11.2. The van der Waals surface area contributed by atoms with E-state index in [-0.39, 0.29) is 18.6 Å². The Balaban J connectivity index is 2.67. The van der Waals surface area contributed by atoms with Crippen LogP contribution in [-0.2, 0) is 14.3 Å². The van der Waals surface area contributed by atoms with Crippen molar-refractivity contribution in [3.05, 3.63) is 51.5 Å². The number of hydrogen-bond acceptors (Lipinski definition) is 3. The van der Waals surface area contributed by atoms with Gasteiger partial charge in [0.15, 0.2) is 0 Å². The van der Waals surface area contributed by atoms with Gasteiger partial charge in [-0.1, -0.05) is 35.8 Å². The topological polar surface area (TPSA) is 63.6 Å². The average Bonchev–Trinajstić information content (AvgIpc) is 2.45. The van der Waals surface area contributed by atoms with Crippen molar-refractivity contribution in [3.63, 3.8) is 0 Å². The molecule has 0 spiro atoms. The molecule has 0 bridgehead atoms. The lowest BCUT2D eigenvalue weighted by atomic mass is 10.1. The zero-order valence-electron chi connectivity index (χ0n) is 12.1. The fraction of sp³-hybridized carbons (Fsp3) is 0.250. The van der Waals surface area contributed by atoms with Crippen LogP contribution in [-0.4, -0.2) is 23.7 Å². The Morgan fingerprint density at radius 1 is 1.32 bits per heavy atom. The summed E-state index contributed by atoms with van der Waals surface area (Å²) in [5, 5.41) is 9.97. The second-order valence-corrected chi connectivity index (χ2v) is 5.48. The second-order valence-electron chi connectivity index (χ2n) is 4.67. The molecule has 118 valence electrons. The van der Waals surface area contributed by atoms with E-state index in [0.29, 0.717) is 27.6 Å². The Morgan fingerprint density at radius 2 is 2.00 bits per heavy atom. The van der Waals surface area contributed by atoms with E-state index >= 15 is 0 Å². The summed E-state index contributed by atoms with van der Waals surface area (Å²) >= 11 is 11.7. The summed E-state index contributed by atoms with van der Waals surface area (Å²) in [7, 11) is 0. The normalized spacial score (nSPS) is 11.1. The van der Waals surface area contributed by atoms with E-state index in [1.165, 1.54) is 6.08 Å². The van der Waals surface area contributed by atoms with E-state index < -0.39 is 11.9 Å². The van der Waals surface area contributed by atoms with E-state index in [2.05, 4.69) is 6.58 Å². The van der Waals surface area contributed by atoms with Crippen molar-refractivity contribution in [1.82, 2.24) is 0 Å². The summed E-state index contributed by atoms with van der Waals surface area (Å²) in [6, 6.07) is 4.87. The van der Waals surface area contributed by atoms with Crippen LogP contribution < -0.4 is 0 Å². The molecule has 1 aromatic rings. The minimum atomic E-state index is -1.03. The summed E-state index contributed by atoms with van der Waals surface area (Å²) in [6.45, 7) is 5.15. The van der Waals surface area contributed by atoms with Crippen LogP contribution in [0.4, 0.5) is 0 Å². The van der Waals surface area contributed by atoms with E-state index in [9.17, 15) is 14.7 Å². The van der Waals surface area contributed by atoms with Gasteiger partial charge in [0.2, 0.25) is 0 Å². The number of esters is 1. The maximum Gasteiger partial charge on any atom is 0.333 e. The monoisotopic (exact) mass is 342 g/mol. The first kappa shape index (κ1) is 18.3. The largest absolute Gasteiger partial charge is 0.478 e. The third-order valence-electron chi connectivity index (χ3n) is 2.73. The Hall–Kier alpha value is -1.78. The summed E-state index contributed by atoms with van der Waals surface area (Å²) in [4.78, 5) is 22.4. The highest BCUT2D eigenvalue weighted by molar-refractivity contribution is 6.42.